The van der Waals surface area contributed by atoms with Crippen molar-refractivity contribution in [2.24, 2.45) is 0 Å². The van der Waals surface area contributed by atoms with Gasteiger partial charge in [-0.2, -0.15) is 0 Å². The summed E-state index contributed by atoms with van der Waals surface area (Å²) < 4.78 is 0. The highest BCUT2D eigenvalue weighted by Gasteiger charge is 2.10. The van der Waals surface area contributed by atoms with Crippen molar-refractivity contribution < 1.29 is 4.79 Å². The maximum atomic E-state index is 12.1. The molecular formula is C17H20ClN3O. The van der Waals surface area contributed by atoms with Gasteiger partial charge in [0.2, 0.25) is 0 Å². The molecule has 0 atom stereocenters. The zero-order chi connectivity index (χ0) is 16.1. The van der Waals surface area contributed by atoms with Crippen molar-refractivity contribution in [2.45, 2.75) is 26.8 Å². The van der Waals surface area contributed by atoms with Crippen LogP contribution in [0.25, 0.3) is 0 Å². The number of halogens is 1. The van der Waals surface area contributed by atoms with Gasteiger partial charge in [0, 0.05) is 35.7 Å². The van der Waals surface area contributed by atoms with E-state index in [4.69, 9.17) is 11.6 Å². The first kappa shape index (κ1) is 16.3. The zero-order valence-corrected chi connectivity index (χ0v) is 13.8. The maximum absolute atomic E-state index is 12.1. The smallest absolute Gasteiger partial charge is 0.255 e. The van der Waals surface area contributed by atoms with Gasteiger partial charge in [-0.05, 0) is 57.2 Å². The van der Waals surface area contributed by atoms with Crippen LogP contribution in [0.1, 0.15) is 31.1 Å². The average molecular weight is 318 g/mol. The summed E-state index contributed by atoms with van der Waals surface area (Å²) >= 11 is 5.80. The largest absolute Gasteiger partial charge is 0.369 e. The Morgan fingerprint density at radius 2 is 1.95 bits per heavy atom. The number of carbonyl (C=O) groups excluding carboxylic acids is 1. The molecule has 2 aromatic rings. The number of nitrogens with one attached hydrogen (secondary N) is 1. The Morgan fingerprint density at radius 1 is 1.27 bits per heavy atom. The second-order valence-electron chi connectivity index (χ2n) is 5.25. The SMILES string of the molecule is CCN(c1ccc(NC(=O)c2ccnc(Cl)c2)cc1)C(C)C. The molecule has 0 aliphatic rings. The minimum Gasteiger partial charge on any atom is -0.369 e. The van der Waals surface area contributed by atoms with Gasteiger partial charge in [0.05, 0.1) is 0 Å². The molecule has 0 radical (unpaired) electrons. The molecule has 1 aromatic carbocycles. The number of rotatable bonds is 5. The van der Waals surface area contributed by atoms with Crippen LogP contribution in [0, 0.1) is 0 Å². The van der Waals surface area contributed by atoms with Crippen LogP contribution in [0.2, 0.25) is 5.15 Å². The summed E-state index contributed by atoms with van der Waals surface area (Å²) in [7, 11) is 0. The summed E-state index contributed by atoms with van der Waals surface area (Å²) in [5, 5.41) is 3.16. The molecule has 0 aliphatic heterocycles. The quantitative estimate of drug-likeness (QED) is 0.840. The number of aromatic nitrogens is 1. The van der Waals surface area contributed by atoms with Gasteiger partial charge in [-0.15, -0.1) is 0 Å². The second-order valence-corrected chi connectivity index (χ2v) is 5.64. The predicted octanol–water partition coefficient (Wildman–Crippen LogP) is 4.22. The first-order chi connectivity index (χ1) is 10.5. The molecule has 5 heteroatoms. The Morgan fingerprint density at radius 3 is 2.50 bits per heavy atom. The highest BCUT2D eigenvalue weighted by molar-refractivity contribution is 6.29. The van der Waals surface area contributed by atoms with E-state index >= 15 is 0 Å². The van der Waals surface area contributed by atoms with E-state index in [1.54, 1.807) is 12.1 Å². The van der Waals surface area contributed by atoms with E-state index in [-0.39, 0.29) is 5.91 Å². The number of pyridine rings is 1. The van der Waals surface area contributed by atoms with E-state index in [9.17, 15) is 4.79 Å². The lowest BCUT2D eigenvalue weighted by molar-refractivity contribution is 0.102. The first-order valence-electron chi connectivity index (χ1n) is 7.31. The summed E-state index contributed by atoms with van der Waals surface area (Å²) in [6, 6.07) is 11.4. The van der Waals surface area contributed by atoms with Gasteiger partial charge in [-0.3, -0.25) is 4.79 Å². The molecule has 0 bridgehead atoms. The molecule has 1 heterocycles. The molecule has 0 aliphatic carbocycles. The number of anilines is 2. The van der Waals surface area contributed by atoms with E-state index in [0.717, 1.165) is 17.9 Å². The molecule has 0 fully saturated rings. The molecule has 0 saturated heterocycles. The molecule has 4 nitrogen and oxygen atoms in total. The third-order valence-corrected chi connectivity index (χ3v) is 3.62. The molecule has 22 heavy (non-hydrogen) atoms. The van der Waals surface area contributed by atoms with Crippen molar-refractivity contribution in [1.29, 1.82) is 0 Å². The Balaban J connectivity index is 2.09. The van der Waals surface area contributed by atoms with Crippen molar-refractivity contribution in [1.82, 2.24) is 4.98 Å². The highest BCUT2D eigenvalue weighted by Crippen LogP contribution is 2.20. The van der Waals surface area contributed by atoms with Crippen molar-refractivity contribution in [3.63, 3.8) is 0 Å². The van der Waals surface area contributed by atoms with Gasteiger partial charge >= 0.3 is 0 Å². The summed E-state index contributed by atoms with van der Waals surface area (Å²) in [5.41, 5.74) is 2.38. The molecule has 2 rings (SSSR count). The standard InChI is InChI=1S/C17H20ClN3O/c1-4-21(12(2)3)15-7-5-14(6-8-15)20-17(22)13-9-10-19-16(18)11-13/h5-12H,4H2,1-3H3,(H,20,22). The van der Waals surface area contributed by atoms with E-state index in [0.29, 0.717) is 16.8 Å². The molecule has 0 saturated carbocycles. The lowest BCUT2D eigenvalue weighted by Crippen LogP contribution is -2.30. The van der Waals surface area contributed by atoms with Gasteiger partial charge in [-0.1, -0.05) is 11.6 Å². The second kappa shape index (κ2) is 7.27. The van der Waals surface area contributed by atoms with Gasteiger partial charge in [0.25, 0.3) is 5.91 Å². The van der Waals surface area contributed by atoms with E-state index in [1.165, 1.54) is 6.20 Å². The number of carbonyl (C=O) groups is 1. The minimum absolute atomic E-state index is 0.201. The lowest BCUT2D eigenvalue weighted by atomic mass is 10.2. The van der Waals surface area contributed by atoms with Crippen LogP contribution in [0.3, 0.4) is 0 Å². The third kappa shape index (κ3) is 3.98. The van der Waals surface area contributed by atoms with Gasteiger partial charge in [0.1, 0.15) is 5.15 Å². The van der Waals surface area contributed by atoms with Gasteiger partial charge in [-0.25, -0.2) is 4.98 Å². The number of benzene rings is 1. The summed E-state index contributed by atoms with van der Waals surface area (Å²) in [6.07, 6.45) is 1.52. The van der Waals surface area contributed by atoms with Crippen LogP contribution in [0.15, 0.2) is 42.6 Å². The van der Waals surface area contributed by atoms with Crippen LogP contribution in [0.5, 0.6) is 0 Å². The van der Waals surface area contributed by atoms with Crippen molar-refractivity contribution in [3.8, 4) is 0 Å². The summed E-state index contributed by atoms with van der Waals surface area (Å²) in [5.74, 6) is -0.201. The van der Waals surface area contributed by atoms with Crippen molar-refractivity contribution in [3.05, 3.63) is 53.3 Å². The molecule has 116 valence electrons. The fourth-order valence-corrected chi connectivity index (χ4v) is 2.50. The van der Waals surface area contributed by atoms with Crippen LogP contribution in [0.4, 0.5) is 11.4 Å². The minimum atomic E-state index is -0.201. The van der Waals surface area contributed by atoms with E-state index in [2.05, 4.69) is 36.0 Å². The number of amides is 1. The zero-order valence-electron chi connectivity index (χ0n) is 13.0. The van der Waals surface area contributed by atoms with Crippen LogP contribution >= 0.6 is 11.6 Å². The van der Waals surface area contributed by atoms with Gasteiger partial charge < -0.3 is 10.2 Å². The Kier molecular flexibility index (Phi) is 5.39. The molecular weight excluding hydrogens is 298 g/mol. The average Bonchev–Trinajstić information content (AvgIpc) is 2.49. The molecule has 0 unspecified atom stereocenters. The van der Waals surface area contributed by atoms with Crippen LogP contribution < -0.4 is 10.2 Å². The fourth-order valence-electron chi connectivity index (χ4n) is 2.33. The number of hydrogen-bond donors (Lipinski definition) is 1. The first-order valence-corrected chi connectivity index (χ1v) is 7.68. The van der Waals surface area contributed by atoms with Crippen molar-refractivity contribution >= 4 is 28.9 Å². The van der Waals surface area contributed by atoms with Crippen molar-refractivity contribution in [2.75, 3.05) is 16.8 Å². The van der Waals surface area contributed by atoms with E-state index in [1.807, 2.05) is 24.3 Å². The normalized spacial score (nSPS) is 10.6. The Hall–Kier alpha value is -2.07. The summed E-state index contributed by atoms with van der Waals surface area (Å²) in [4.78, 5) is 18.3. The fraction of sp³-hybridized carbons (Fsp3) is 0.294. The van der Waals surface area contributed by atoms with E-state index < -0.39 is 0 Å². The molecule has 1 amide bonds. The number of hydrogen-bond acceptors (Lipinski definition) is 3. The molecule has 0 spiro atoms. The predicted molar refractivity (Wildman–Crippen MR) is 91.8 cm³/mol. The Bertz CT molecular complexity index is 641. The number of nitrogens with zero attached hydrogens (tertiary/aromatic N) is 2. The van der Waals surface area contributed by atoms with Gasteiger partial charge in [0.15, 0.2) is 0 Å². The summed E-state index contributed by atoms with van der Waals surface area (Å²) in [6.45, 7) is 7.39. The monoisotopic (exact) mass is 317 g/mol. The topological polar surface area (TPSA) is 45.2 Å². The third-order valence-electron chi connectivity index (χ3n) is 3.41. The molecule has 1 aromatic heterocycles. The van der Waals surface area contributed by atoms with Crippen LogP contribution in [-0.2, 0) is 0 Å². The lowest BCUT2D eigenvalue weighted by Gasteiger charge is -2.27. The Labute approximate surface area is 136 Å². The highest BCUT2D eigenvalue weighted by atomic mass is 35.5. The maximum Gasteiger partial charge on any atom is 0.255 e. The molecule has 1 N–H and O–H groups in total. The van der Waals surface area contributed by atoms with Crippen LogP contribution in [-0.4, -0.2) is 23.5 Å².